The number of hydrogen-bond donors (Lipinski definition) is 1. The molecule has 0 spiro atoms. The molecular formula is C21H32N2O. The van der Waals surface area contributed by atoms with Gasteiger partial charge in [0.2, 0.25) is 5.91 Å². The lowest BCUT2D eigenvalue weighted by Crippen LogP contribution is -2.35. The lowest BCUT2D eigenvalue weighted by atomic mass is 9.86. The van der Waals surface area contributed by atoms with E-state index in [0.717, 1.165) is 24.7 Å². The van der Waals surface area contributed by atoms with Crippen LogP contribution in [0, 0.1) is 17.8 Å². The molecule has 2 saturated carbocycles. The molecule has 0 aliphatic heterocycles. The Morgan fingerprint density at radius 3 is 2.50 bits per heavy atom. The number of nitrogens with zero attached hydrogens (tertiary/aromatic N) is 1. The van der Waals surface area contributed by atoms with Crippen molar-refractivity contribution in [1.82, 2.24) is 10.2 Å². The van der Waals surface area contributed by atoms with E-state index in [4.69, 9.17) is 0 Å². The summed E-state index contributed by atoms with van der Waals surface area (Å²) < 4.78 is 0. The van der Waals surface area contributed by atoms with Crippen molar-refractivity contribution in [3.63, 3.8) is 0 Å². The number of benzene rings is 1. The van der Waals surface area contributed by atoms with Crippen LogP contribution in [0.15, 0.2) is 24.3 Å². The third kappa shape index (κ3) is 4.00. The number of fused-ring (bicyclic) bond motifs is 2. The van der Waals surface area contributed by atoms with E-state index in [1.165, 1.54) is 36.8 Å². The molecule has 3 heteroatoms. The van der Waals surface area contributed by atoms with Gasteiger partial charge in [0, 0.05) is 13.0 Å². The summed E-state index contributed by atoms with van der Waals surface area (Å²) in [5.41, 5.74) is 2.63. The van der Waals surface area contributed by atoms with E-state index in [1.54, 1.807) is 0 Å². The highest BCUT2D eigenvalue weighted by atomic mass is 16.1. The van der Waals surface area contributed by atoms with Crippen LogP contribution in [-0.4, -0.2) is 31.4 Å². The molecule has 24 heavy (non-hydrogen) atoms. The topological polar surface area (TPSA) is 32.3 Å². The Hall–Kier alpha value is -1.35. The summed E-state index contributed by atoms with van der Waals surface area (Å²) in [4.78, 5) is 14.6. The molecule has 2 bridgehead atoms. The first-order chi connectivity index (χ1) is 11.6. The Balaban J connectivity index is 1.52. The van der Waals surface area contributed by atoms with E-state index < -0.39 is 0 Å². The van der Waals surface area contributed by atoms with Gasteiger partial charge in [-0.05, 0) is 68.7 Å². The number of hydrogen-bond acceptors (Lipinski definition) is 2. The molecule has 2 aliphatic rings. The first-order valence-corrected chi connectivity index (χ1v) is 9.58. The Bertz CT molecular complexity index is 551. The molecule has 4 atom stereocenters. The average molecular weight is 329 g/mol. The summed E-state index contributed by atoms with van der Waals surface area (Å²) in [6, 6.07) is 9.03. The largest absolute Gasteiger partial charge is 0.354 e. The zero-order chi connectivity index (χ0) is 17.1. The molecule has 2 aliphatic carbocycles. The van der Waals surface area contributed by atoms with Crippen molar-refractivity contribution in [1.29, 1.82) is 0 Å². The van der Waals surface area contributed by atoms with Gasteiger partial charge in [-0.1, -0.05) is 37.6 Å². The highest BCUT2D eigenvalue weighted by Gasteiger charge is 2.40. The Morgan fingerprint density at radius 2 is 1.96 bits per heavy atom. The van der Waals surface area contributed by atoms with Crippen molar-refractivity contribution in [2.24, 2.45) is 17.8 Å². The highest BCUT2D eigenvalue weighted by molar-refractivity contribution is 5.76. The van der Waals surface area contributed by atoms with Gasteiger partial charge in [-0.2, -0.15) is 0 Å². The van der Waals surface area contributed by atoms with E-state index >= 15 is 0 Å². The maximum Gasteiger partial charge on any atom is 0.220 e. The van der Waals surface area contributed by atoms with Gasteiger partial charge in [-0.25, -0.2) is 0 Å². The Kier molecular flexibility index (Phi) is 5.60. The third-order valence-corrected chi connectivity index (χ3v) is 6.22. The normalized spacial score (nSPS) is 26.8. The standard InChI is InChI=1S/C21H32N2O/c1-4-15-5-8-17(9-6-15)20(23(2)3)14-22-21(24)13-19-12-16-7-10-18(19)11-16/h5-6,8-9,16,18-20H,4,7,10-14H2,1-3H3,(H,22,24). The molecule has 3 nitrogen and oxygen atoms in total. The van der Waals surface area contributed by atoms with Gasteiger partial charge < -0.3 is 10.2 Å². The predicted molar refractivity (Wildman–Crippen MR) is 98.8 cm³/mol. The fourth-order valence-electron chi connectivity index (χ4n) is 4.72. The molecule has 4 unspecified atom stereocenters. The number of rotatable bonds is 7. The lowest BCUT2D eigenvalue weighted by Gasteiger charge is -2.26. The minimum absolute atomic E-state index is 0.236. The molecule has 0 radical (unpaired) electrons. The molecule has 0 aromatic heterocycles. The van der Waals surface area contributed by atoms with Gasteiger partial charge in [0.05, 0.1) is 6.04 Å². The molecule has 132 valence electrons. The van der Waals surface area contributed by atoms with Crippen LogP contribution >= 0.6 is 0 Å². The molecule has 3 rings (SSSR count). The second kappa shape index (κ2) is 7.69. The van der Waals surface area contributed by atoms with E-state index in [9.17, 15) is 4.79 Å². The zero-order valence-electron chi connectivity index (χ0n) is 15.4. The molecular weight excluding hydrogens is 296 g/mol. The predicted octanol–water partition coefficient (Wildman–Crippen LogP) is 3.79. The molecule has 1 aromatic carbocycles. The van der Waals surface area contributed by atoms with E-state index in [0.29, 0.717) is 12.5 Å². The Morgan fingerprint density at radius 1 is 1.21 bits per heavy atom. The minimum Gasteiger partial charge on any atom is -0.354 e. The van der Waals surface area contributed by atoms with Crippen molar-refractivity contribution in [2.45, 2.75) is 51.5 Å². The van der Waals surface area contributed by atoms with Crippen molar-refractivity contribution < 1.29 is 4.79 Å². The van der Waals surface area contributed by atoms with Gasteiger partial charge in [0.15, 0.2) is 0 Å². The van der Waals surface area contributed by atoms with E-state index in [-0.39, 0.29) is 11.9 Å². The van der Waals surface area contributed by atoms with Crippen LogP contribution in [0.2, 0.25) is 0 Å². The van der Waals surface area contributed by atoms with Gasteiger partial charge in [-0.3, -0.25) is 4.79 Å². The number of carbonyl (C=O) groups is 1. The number of nitrogens with one attached hydrogen (secondary N) is 1. The van der Waals surface area contributed by atoms with Crippen LogP contribution in [-0.2, 0) is 11.2 Å². The summed E-state index contributed by atoms with van der Waals surface area (Å²) >= 11 is 0. The van der Waals surface area contributed by atoms with Gasteiger partial charge in [0.1, 0.15) is 0 Å². The molecule has 1 N–H and O–H groups in total. The monoisotopic (exact) mass is 328 g/mol. The summed E-state index contributed by atoms with van der Waals surface area (Å²) in [5.74, 6) is 2.63. The van der Waals surface area contributed by atoms with Crippen molar-refractivity contribution in [3.8, 4) is 0 Å². The van der Waals surface area contributed by atoms with Crippen LogP contribution in [0.4, 0.5) is 0 Å². The minimum atomic E-state index is 0.236. The second-order valence-corrected chi connectivity index (χ2v) is 8.02. The van der Waals surface area contributed by atoms with Crippen molar-refractivity contribution in [3.05, 3.63) is 35.4 Å². The Labute approximate surface area is 146 Å². The summed E-state index contributed by atoms with van der Waals surface area (Å²) in [6.07, 6.45) is 7.21. The summed E-state index contributed by atoms with van der Waals surface area (Å²) in [5, 5.41) is 3.20. The molecule has 0 heterocycles. The average Bonchev–Trinajstić information content (AvgIpc) is 3.18. The first kappa shape index (κ1) is 17.5. The molecule has 1 aromatic rings. The smallest absolute Gasteiger partial charge is 0.220 e. The van der Waals surface area contributed by atoms with Crippen LogP contribution in [0.5, 0.6) is 0 Å². The van der Waals surface area contributed by atoms with Gasteiger partial charge >= 0.3 is 0 Å². The zero-order valence-corrected chi connectivity index (χ0v) is 15.4. The van der Waals surface area contributed by atoms with Crippen LogP contribution in [0.3, 0.4) is 0 Å². The van der Waals surface area contributed by atoms with Crippen molar-refractivity contribution in [2.75, 3.05) is 20.6 Å². The maximum atomic E-state index is 12.4. The van der Waals surface area contributed by atoms with Crippen LogP contribution in [0.25, 0.3) is 0 Å². The molecule has 1 amide bonds. The van der Waals surface area contributed by atoms with E-state index in [2.05, 4.69) is 55.5 Å². The van der Waals surface area contributed by atoms with Crippen LogP contribution < -0.4 is 5.32 Å². The number of aryl methyl sites for hydroxylation is 1. The van der Waals surface area contributed by atoms with Crippen LogP contribution in [0.1, 0.15) is 56.2 Å². The number of amides is 1. The van der Waals surface area contributed by atoms with Gasteiger partial charge in [-0.15, -0.1) is 0 Å². The van der Waals surface area contributed by atoms with E-state index in [1.807, 2.05) is 0 Å². The maximum absolute atomic E-state index is 12.4. The van der Waals surface area contributed by atoms with Crippen molar-refractivity contribution >= 4 is 5.91 Å². The second-order valence-electron chi connectivity index (χ2n) is 8.02. The number of carbonyl (C=O) groups excluding carboxylic acids is 1. The third-order valence-electron chi connectivity index (χ3n) is 6.22. The number of likely N-dealkylation sites (N-methyl/N-ethyl adjacent to an activating group) is 1. The summed E-state index contributed by atoms with van der Waals surface area (Å²) in [7, 11) is 4.17. The van der Waals surface area contributed by atoms with Gasteiger partial charge in [0.25, 0.3) is 0 Å². The fourth-order valence-corrected chi connectivity index (χ4v) is 4.72. The fraction of sp³-hybridized carbons (Fsp3) is 0.667. The highest BCUT2D eigenvalue weighted by Crippen LogP contribution is 2.49. The SMILES string of the molecule is CCc1ccc(C(CNC(=O)CC2CC3CCC2C3)N(C)C)cc1. The quantitative estimate of drug-likeness (QED) is 0.826. The first-order valence-electron chi connectivity index (χ1n) is 9.58. The molecule has 2 fully saturated rings. The summed E-state index contributed by atoms with van der Waals surface area (Å²) in [6.45, 7) is 2.87. The lowest BCUT2D eigenvalue weighted by molar-refractivity contribution is -0.122. The molecule has 0 saturated heterocycles.